The van der Waals surface area contributed by atoms with Gasteiger partial charge in [-0.3, -0.25) is 32.8 Å². The Morgan fingerprint density at radius 2 is 1.38 bits per heavy atom. The fraction of sp³-hybridized carbons (Fsp3) is 0.319. The van der Waals surface area contributed by atoms with Gasteiger partial charge in [-0.2, -0.15) is 38.2 Å². The Morgan fingerprint density at radius 1 is 0.743 bits per heavy atom. The molecule has 74 heavy (non-hydrogen) atoms. The third-order valence-corrected chi connectivity index (χ3v) is 16.6. The molecule has 3 aromatic carbocycles. The lowest BCUT2D eigenvalue weighted by Crippen LogP contribution is -2.30. The number of hydrogen-bond acceptors (Lipinski definition) is 14. The molecule has 3 heterocycles. The van der Waals surface area contributed by atoms with Crippen molar-refractivity contribution in [1.29, 1.82) is 0 Å². The van der Waals surface area contributed by atoms with Gasteiger partial charge in [0.15, 0.2) is 5.71 Å². The number of primary sulfonamides is 1. The van der Waals surface area contributed by atoms with Crippen molar-refractivity contribution in [2.75, 3.05) is 36.0 Å². The molecule has 27 heteroatoms. The van der Waals surface area contributed by atoms with Gasteiger partial charge in [0.1, 0.15) is 6.54 Å². The molecule has 0 atom stereocenters. The third-order valence-electron chi connectivity index (χ3n) is 12.4. The number of amides is 2. The number of aromatic nitrogens is 1. The van der Waals surface area contributed by atoms with E-state index in [0.29, 0.717) is 45.0 Å². The molecule has 0 fully saturated rings. The molecular formula is C47H55N6O16S5+. The molecule has 398 valence electrons. The van der Waals surface area contributed by atoms with E-state index in [4.69, 9.17) is 5.14 Å². The number of rotatable bonds is 21. The highest BCUT2D eigenvalue weighted by atomic mass is 32.2. The summed E-state index contributed by atoms with van der Waals surface area (Å²) < 4.78 is 160. The largest absolute Gasteiger partial charge is 0.352 e. The topological polar surface area (TPSA) is 355 Å². The molecule has 6 rings (SSSR count). The molecule has 0 unspecified atom stereocenters. The molecule has 8 N–H and O–H groups in total. The number of hydrogen-bond donors (Lipinski definition) is 7. The number of nitrogens with zero attached hydrogens (tertiary/aromatic N) is 3. The highest BCUT2D eigenvalue weighted by Crippen LogP contribution is 2.49. The van der Waals surface area contributed by atoms with Crippen molar-refractivity contribution < 1.29 is 74.5 Å². The Kier molecular flexibility index (Phi) is 16.8. The number of pyridine rings is 1. The normalized spacial score (nSPS) is 16.4. The lowest BCUT2D eigenvalue weighted by molar-refractivity contribution is -0.437. The first-order valence-electron chi connectivity index (χ1n) is 22.5. The second-order valence-electron chi connectivity index (χ2n) is 18.4. The molecule has 0 bridgehead atoms. The van der Waals surface area contributed by atoms with E-state index < -0.39 is 84.6 Å². The van der Waals surface area contributed by atoms with Gasteiger partial charge in [-0.1, -0.05) is 32.1 Å². The summed E-state index contributed by atoms with van der Waals surface area (Å²) in [6, 6.07) is 16.7. The smallest absolute Gasteiger partial charge is 0.294 e. The number of carbonyl (C=O) groups is 2. The summed E-state index contributed by atoms with van der Waals surface area (Å²) in [4.78, 5) is 31.4. The van der Waals surface area contributed by atoms with Crippen LogP contribution in [-0.2, 0) is 72.7 Å². The number of fused-ring (bicyclic) bond motifs is 2. The minimum Gasteiger partial charge on any atom is -0.352 e. The molecule has 22 nitrogen and oxygen atoms in total. The van der Waals surface area contributed by atoms with Crippen molar-refractivity contribution in [2.24, 2.45) is 5.14 Å². The van der Waals surface area contributed by atoms with Crippen LogP contribution in [0.4, 0.5) is 11.4 Å². The van der Waals surface area contributed by atoms with E-state index in [1.807, 2.05) is 0 Å². The van der Waals surface area contributed by atoms with E-state index in [2.05, 4.69) is 15.6 Å². The van der Waals surface area contributed by atoms with Gasteiger partial charge in [0.05, 0.1) is 42.9 Å². The zero-order valence-corrected chi connectivity index (χ0v) is 44.4. The van der Waals surface area contributed by atoms with Crippen LogP contribution in [0.1, 0.15) is 79.7 Å². The average molecular weight is 1120 g/mol. The van der Waals surface area contributed by atoms with Gasteiger partial charge in [-0.05, 0) is 98.1 Å². The van der Waals surface area contributed by atoms with Crippen LogP contribution in [0.3, 0.4) is 0 Å². The standard InChI is InChI=1S/C47H54N6O16S5/c1-46(2)37-27-35(73(64,65)66)13-16-40(37)52(22-6-24-70(56,57)58)42(46)18-11-32(12-19-43-47(3,4)38-28-36(74(67,68)69)14-17-41(38)53(43)23-7-25-71(59,60)61)39-15-10-33(30-50-39)45(55)49-21-20-44(54)51-29-31-8-5-9-34(26-31)72(48,62)63/h5,8-19,26-28,30H,6-7,20-25,29H2,1-4H3,(H7-,48,49,51,54,55,56,57,58,59,60,61,62,63,64,65,66,67,68,69)/p+1. The van der Waals surface area contributed by atoms with Crippen LogP contribution in [0.15, 0.2) is 124 Å². The van der Waals surface area contributed by atoms with Gasteiger partial charge in [0, 0.05) is 78.8 Å². The van der Waals surface area contributed by atoms with E-state index in [1.54, 1.807) is 67.5 Å². The van der Waals surface area contributed by atoms with Crippen LogP contribution < -0.4 is 20.7 Å². The summed E-state index contributed by atoms with van der Waals surface area (Å²) in [6.45, 7) is 7.09. The Morgan fingerprint density at radius 3 is 1.99 bits per heavy atom. The van der Waals surface area contributed by atoms with Gasteiger partial charge >= 0.3 is 0 Å². The second-order valence-corrected chi connectivity index (χ2v) is 26.0. The van der Waals surface area contributed by atoms with E-state index in [1.165, 1.54) is 72.9 Å². The zero-order chi connectivity index (χ0) is 54.8. The predicted molar refractivity (Wildman–Crippen MR) is 274 cm³/mol. The van der Waals surface area contributed by atoms with Gasteiger partial charge in [0.25, 0.3) is 46.4 Å². The molecule has 4 aromatic rings. The average Bonchev–Trinajstić information content (AvgIpc) is 3.63. The molecule has 0 saturated heterocycles. The van der Waals surface area contributed by atoms with Crippen LogP contribution in [0, 0.1) is 0 Å². The molecule has 0 aliphatic carbocycles. The van der Waals surface area contributed by atoms with E-state index in [-0.39, 0.29) is 71.4 Å². The maximum absolute atomic E-state index is 13.3. The molecular weight excluding hydrogens is 1060 g/mol. The van der Waals surface area contributed by atoms with Crippen LogP contribution in [0.5, 0.6) is 0 Å². The third kappa shape index (κ3) is 14.0. The van der Waals surface area contributed by atoms with Gasteiger partial charge in [0.2, 0.25) is 21.6 Å². The summed E-state index contributed by atoms with van der Waals surface area (Å²) >= 11 is 0. The summed E-state index contributed by atoms with van der Waals surface area (Å²) in [7, 11) is -22.0. The lowest BCUT2D eigenvalue weighted by atomic mass is 9.81. The predicted octanol–water partition coefficient (Wildman–Crippen LogP) is 3.91. The number of anilines is 1. The molecule has 2 amide bonds. The van der Waals surface area contributed by atoms with Crippen molar-refractivity contribution in [2.45, 2.75) is 79.0 Å². The minimum atomic E-state index is -4.65. The number of allylic oxidation sites excluding steroid dienone is 6. The Labute approximate surface area is 429 Å². The molecule has 0 spiro atoms. The van der Waals surface area contributed by atoms with Crippen molar-refractivity contribution in [3.63, 3.8) is 0 Å². The van der Waals surface area contributed by atoms with Crippen molar-refractivity contribution in [3.05, 3.63) is 137 Å². The van der Waals surface area contributed by atoms with Crippen LogP contribution in [0.25, 0.3) is 5.57 Å². The summed E-state index contributed by atoms with van der Waals surface area (Å²) in [5, 5.41) is 10.5. The Hall–Kier alpha value is -6.01. The lowest BCUT2D eigenvalue weighted by Gasteiger charge is -2.27. The number of sulfonamides is 1. The van der Waals surface area contributed by atoms with Gasteiger partial charge < -0.3 is 15.5 Å². The SMILES string of the molecule is CC1(C)C(/C=C/C(=C/C=C2/N(CCCS(=O)(=O)O)c3ccc(S(=O)(=O)O)cc3C2(C)C)c2ccc(C(=O)NCCC(=O)NCc3cccc(S(N)(=O)=O)c3)cn2)=[N+](CCCS(=O)(=O)O)c2ccc(S(=O)(=O)O)cc21. The number of nitrogens with one attached hydrogen (secondary N) is 2. The highest BCUT2D eigenvalue weighted by Gasteiger charge is 2.45. The summed E-state index contributed by atoms with van der Waals surface area (Å²) in [6.07, 6.45) is 7.71. The fourth-order valence-corrected chi connectivity index (χ4v) is 11.3. The molecule has 0 radical (unpaired) electrons. The van der Waals surface area contributed by atoms with Crippen LogP contribution in [0.2, 0.25) is 0 Å². The molecule has 1 aromatic heterocycles. The monoisotopic (exact) mass is 1120 g/mol. The van der Waals surface area contributed by atoms with Crippen LogP contribution >= 0.6 is 0 Å². The molecule has 2 aliphatic rings. The molecule has 2 aliphatic heterocycles. The van der Waals surface area contributed by atoms with Crippen molar-refractivity contribution in [1.82, 2.24) is 15.6 Å². The first-order chi connectivity index (χ1) is 34.2. The van der Waals surface area contributed by atoms with E-state index in [9.17, 15) is 69.9 Å². The quantitative estimate of drug-likeness (QED) is 0.0353. The number of benzene rings is 3. The first kappa shape index (κ1) is 57.3. The van der Waals surface area contributed by atoms with Gasteiger partial charge in [-0.15, -0.1) is 0 Å². The zero-order valence-electron chi connectivity index (χ0n) is 40.3. The molecule has 0 saturated carbocycles. The van der Waals surface area contributed by atoms with E-state index >= 15 is 0 Å². The second kappa shape index (κ2) is 21.7. The first-order valence-corrected chi connectivity index (χ1v) is 30.1. The van der Waals surface area contributed by atoms with Crippen molar-refractivity contribution in [3.8, 4) is 0 Å². The Bertz CT molecular complexity index is 3610. The minimum absolute atomic E-state index is 0.00128. The Balaban J connectivity index is 1.38. The summed E-state index contributed by atoms with van der Waals surface area (Å²) in [5.74, 6) is -2.22. The van der Waals surface area contributed by atoms with Crippen LogP contribution in [-0.4, -0.2) is 119 Å². The van der Waals surface area contributed by atoms with Crippen molar-refractivity contribution >= 4 is 85.0 Å². The maximum Gasteiger partial charge on any atom is 0.294 e. The van der Waals surface area contributed by atoms with E-state index in [0.717, 1.165) is 0 Å². The maximum atomic E-state index is 13.3. The van der Waals surface area contributed by atoms with Gasteiger partial charge in [-0.25, -0.2) is 13.6 Å². The number of carbonyl (C=O) groups excluding carboxylic acids is 2. The summed E-state index contributed by atoms with van der Waals surface area (Å²) in [5.41, 5.74) is 2.14. The highest BCUT2D eigenvalue weighted by molar-refractivity contribution is 7.89. The number of nitrogens with two attached hydrogens (primary N) is 1. The fourth-order valence-electron chi connectivity index (χ4n) is 8.70.